The van der Waals surface area contributed by atoms with Crippen LogP contribution in [-0.4, -0.2) is 9.55 Å². The number of aromatic amines is 1. The van der Waals surface area contributed by atoms with Gasteiger partial charge in [0, 0.05) is 12.2 Å². The molecule has 0 unspecified atom stereocenters. The van der Waals surface area contributed by atoms with Crippen LogP contribution in [0.5, 0.6) is 0 Å². The maximum Gasteiger partial charge on any atom is 0.328 e. The monoisotopic (exact) mass is 192 g/mol. The van der Waals surface area contributed by atoms with Crippen LogP contribution in [0.15, 0.2) is 15.8 Å². The Balaban J connectivity index is 3.48. The quantitative estimate of drug-likeness (QED) is 0.658. The third-order valence-corrected chi connectivity index (χ3v) is 1.78. The smallest absolute Gasteiger partial charge is 0.297 e. The van der Waals surface area contributed by atoms with E-state index in [0.29, 0.717) is 5.56 Å². The zero-order chi connectivity index (χ0) is 10.7. The summed E-state index contributed by atoms with van der Waals surface area (Å²) in [6.45, 7) is 5.37. The van der Waals surface area contributed by atoms with Gasteiger partial charge in [-0.25, -0.2) is 4.79 Å². The summed E-state index contributed by atoms with van der Waals surface area (Å²) in [6, 6.07) is 0.0109. The van der Waals surface area contributed by atoms with Gasteiger partial charge in [0.05, 0.1) is 0 Å². The summed E-state index contributed by atoms with van der Waals surface area (Å²) >= 11 is 0. The van der Waals surface area contributed by atoms with Gasteiger partial charge < -0.3 is 0 Å². The first kappa shape index (κ1) is 10.3. The largest absolute Gasteiger partial charge is 0.328 e. The second-order valence-electron chi connectivity index (χ2n) is 3.18. The Hall–Kier alpha value is -1.76. The summed E-state index contributed by atoms with van der Waals surface area (Å²) in [4.78, 5) is 24.8. The number of hydrogen-bond acceptors (Lipinski definition) is 2. The van der Waals surface area contributed by atoms with Crippen molar-refractivity contribution in [3.63, 3.8) is 0 Å². The first-order chi connectivity index (χ1) is 6.56. The molecule has 1 aromatic heterocycles. The Morgan fingerprint density at radius 3 is 2.57 bits per heavy atom. The highest BCUT2D eigenvalue weighted by Crippen LogP contribution is 1.97. The number of H-pyrrole nitrogens is 1. The van der Waals surface area contributed by atoms with Crippen LogP contribution in [0, 0.1) is 11.8 Å². The van der Waals surface area contributed by atoms with Crippen LogP contribution in [-0.2, 0) is 0 Å². The Labute approximate surface area is 81.6 Å². The normalized spacial score (nSPS) is 9.71. The Kier molecular flexibility index (Phi) is 2.92. The van der Waals surface area contributed by atoms with Crippen molar-refractivity contribution in [2.45, 2.75) is 26.8 Å². The van der Waals surface area contributed by atoms with Gasteiger partial charge in [-0.3, -0.25) is 14.3 Å². The number of aromatic nitrogens is 2. The van der Waals surface area contributed by atoms with Gasteiger partial charge in [0.25, 0.3) is 5.56 Å². The molecular weight excluding hydrogens is 180 g/mol. The number of hydrogen-bond donors (Lipinski definition) is 1. The fourth-order valence-electron chi connectivity index (χ4n) is 1.09. The minimum atomic E-state index is -0.429. The van der Waals surface area contributed by atoms with Gasteiger partial charge in [-0.15, -0.1) is 5.92 Å². The molecule has 0 spiro atoms. The third kappa shape index (κ3) is 1.94. The SMILES string of the molecule is CC#Cc1cn(C(C)C)c(=O)[nH]c1=O. The lowest BCUT2D eigenvalue weighted by Crippen LogP contribution is -2.31. The van der Waals surface area contributed by atoms with E-state index in [1.165, 1.54) is 10.8 Å². The molecule has 1 rings (SSSR count). The van der Waals surface area contributed by atoms with Crippen molar-refractivity contribution in [3.05, 3.63) is 32.6 Å². The van der Waals surface area contributed by atoms with Crippen LogP contribution >= 0.6 is 0 Å². The van der Waals surface area contributed by atoms with Gasteiger partial charge in [-0.1, -0.05) is 5.92 Å². The van der Waals surface area contributed by atoms with E-state index in [0.717, 1.165) is 0 Å². The molecule has 0 atom stereocenters. The van der Waals surface area contributed by atoms with Crippen LogP contribution < -0.4 is 11.2 Å². The molecule has 14 heavy (non-hydrogen) atoms. The molecule has 0 aliphatic carbocycles. The molecule has 0 aromatic carbocycles. The summed E-state index contributed by atoms with van der Waals surface area (Å²) in [5.41, 5.74) is -0.506. The molecule has 0 aliphatic heterocycles. The second kappa shape index (κ2) is 3.97. The Morgan fingerprint density at radius 2 is 2.07 bits per heavy atom. The van der Waals surface area contributed by atoms with E-state index in [1.54, 1.807) is 6.92 Å². The molecule has 0 radical (unpaired) electrons. The van der Waals surface area contributed by atoms with Gasteiger partial charge in [-0.05, 0) is 20.8 Å². The standard InChI is InChI=1S/C10H12N2O2/c1-4-5-8-6-12(7(2)3)10(14)11-9(8)13/h6-7H,1-3H3,(H,11,13,14). The molecule has 0 aliphatic rings. The summed E-state index contributed by atoms with van der Waals surface area (Å²) in [7, 11) is 0. The highest BCUT2D eigenvalue weighted by Gasteiger charge is 2.04. The van der Waals surface area contributed by atoms with Crippen molar-refractivity contribution < 1.29 is 0 Å². The molecule has 0 fully saturated rings. The lowest BCUT2D eigenvalue weighted by molar-refractivity contribution is 0.560. The first-order valence-electron chi connectivity index (χ1n) is 4.34. The van der Waals surface area contributed by atoms with Gasteiger partial charge >= 0.3 is 5.69 Å². The fraction of sp³-hybridized carbons (Fsp3) is 0.400. The van der Waals surface area contributed by atoms with E-state index in [9.17, 15) is 9.59 Å². The van der Waals surface area contributed by atoms with Crippen LogP contribution in [0.2, 0.25) is 0 Å². The lowest BCUT2D eigenvalue weighted by Gasteiger charge is -2.08. The van der Waals surface area contributed by atoms with E-state index in [4.69, 9.17) is 0 Å². The topological polar surface area (TPSA) is 54.9 Å². The molecule has 4 heteroatoms. The van der Waals surface area contributed by atoms with Gasteiger partial charge in [0.1, 0.15) is 5.56 Å². The predicted octanol–water partition coefficient (Wildman–Crippen LogP) is 0.489. The van der Waals surface area contributed by atoms with E-state index >= 15 is 0 Å². The van der Waals surface area contributed by atoms with Gasteiger partial charge in [-0.2, -0.15) is 0 Å². The lowest BCUT2D eigenvalue weighted by atomic mass is 10.3. The highest BCUT2D eigenvalue weighted by molar-refractivity contribution is 5.28. The van der Waals surface area contributed by atoms with Crippen LogP contribution in [0.25, 0.3) is 0 Å². The average molecular weight is 192 g/mol. The van der Waals surface area contributed by atoms with E-state index in [2.05, 4.69) is 16.8 Å². The molecule has 4 nitrogen and oxygen atoms in total. The second-order valence-corrected chi connectivity index (χ2v) is 3.18. The average Bonchev–Trinajstić information content (AvgIpc) is 2.09. The highest BCUT2D eigenvalue weighted by atomic mass is 16.2. The van der Waals surface area contributed by atoms with Crippen molar-refractivity contribution in [1.82, 2.24) is 9.55 Å². The molecular formula is C10H12N2O2. The van der Waals surface area contributed by atoms with Gasteiger partial charge in [0.15, 0.2) is 0 Å². The fourth-order valence-corrected chi connectivity index (χ4v) is 1.09. The number of nitrogens with zero attached hydrogens (tertiary/aromatic N) is 1. The molecule has 74 valence electrons. The van der Waals surface area contributed by atoms with Crippen LogP contribution in [0.4, 0.5) is 0 Å². The molecule has 0 saturated heterocycles. The maximum absolute atomic E-state index is 11.3. The molecule has 1 N–H and O–H groups in total. The zero-order valence-corrected chi connectivity index (χ0v) is 8.42. The summed E-state index contributed by atoms with van der Waals surface area (Å²) < 4.78 is 1.45. The van der Waals surface area contributed by atoms with Crippen molar-refractivity contribution >= 4 is 0 Å². The minimum absolute atomic E-state index is 0.0109. The van der Waals surface area contributed by atoms with Gasteiger partial charge in [0.2, 0.25) is 0 Å². The minimum Gasteiger partial charge on any atom is -0.297 e. The van der Waals surface area contributed by atoms with Crippen LogP contribution in [0.3, 0.4) is 0 Å². The molecule has 0 bridgehead atoms. The zero-order valence-electron chi connectivity index (χ0n) is 8.42. The molecule has 1 aromatic rings. The molecule has 0 amide bonds. The number of nitrogens with one attached hydrogen (secondary N) is 1. The summed E-state index contributed by atoms with van der Waals surface area (Å²) in [5.74, 6) is 5.27. The van der Waals surface area contributed by atoms with Crippen molar-refractivity contribution in [2.75, 3.05) is 0 Å². The number of rotatable bonds is 1. The van der Waals surface area contributed by atoms with E-state index in [1.807, 2.05) is 13.8 Å². The van der Waals surface area contributed by atoms with Crippen molar-refractivity contribution in [1.29, 1.82) is 0 Å². The summed E-state index contributed by atoms with van der Waals surface area (Å²) in [6.07, 6.45) is 1.49. The predicted molar refractivity (Wildman–Crippen MR) is 54.3 cm³/mol. The maximum atomic E-state index is 11.3. The van der Waals surface area contributed by atoms with Crippen molar-refractivity contribution in [2.24, 2.45) is 0 Å². The molecule has 1 heterocycles. The van der Waals surface area contributed by atoms with E-state index in [-0.39, 0.29) is 6.04 Å². The van der Waals surface area contributed by atoms with E-state index < -0.39 is 11.2 Å². The summed E-state index contributed by atoms with van der Waals surface area (Å²) in [5, 5.41) is 0. The van der Waals surface area contributed by atoms with Crippen molar-refractivity contribution in [3.8, 4) is 11.8 Å². The van der Waals surface area contributed by atoms with Crippen LogP contribution in [0.1, 0.15) is 32.4 Å². The third-order valence-electron chi connectivity index (χ3n) is 1.78. The first-order valence-corrected chi connectivity index (χ1v) is 4.34. The Bertz CT molecular complexity index is 497. The Morgan fingerprint density at radius 1 is 1.43 bits per heavy atom. The molecule has 0 saturated carbocycles.